The van der Waals surface area contributed by atoms with Gasteiger partial charge in [0.05, 0.1) is 17.1 Å². The van der Waals surface area contributed by atoms with Gasteiger partial charge in [0, 0.05) is 38.3 Å². The first kappa shape index (κ1) is 48.3. The van der Waals surface area contributed by atoms with Gasteiger partial charge in [-0.2, -0.15) is 8.42 Å². The van der Waals surface area contributed by atoms with Crippen molar-refractivity contribution in [1.82, 2.24) is 15.5 Å². The SMILES string of the molecule is CC(C)[C@H](NC(=O)CCCCCN1C(=O)CC(C(C)(C)C)C1=O)C(=O)N[C@@H](C)C(=O)Nc1ccc(COC(=O)C(C)(C)C)c(CCCOCCCS(=O)(=O)O)c1. The molecule has 1 aromatic rings. The van der Waals surface area contributed by atoms with Crippen molar-refractivity contribution in [1.29, 1.82) is 0 Å². The van der Waals surface area contributed by atoms with Crippen LogP contribution in [0.2, 0.25) is 0 Å². The first-order valence-electron chi connectivity index (χ1n) is 19.5. The highest BCUT2D eigenvalue weighted by Crippen LogP contribution is 2.35. The molecule has 0 saturated carbocycles. The number of amides is 5. The summed E-state index contributed by atoms with van der Waals surface area (Å²) in [6, 6.07) is 3.33. The fourth-order valence-corrected chi connectivity index (χ4v) is 6.46. The van der Waals surface area contributed by atoms with Crippen molar-refractivity contribution in [3.8, 4) is 0 Å². The number of anilines is 1. The highest BCUT2D eigenvalue weighted by Gasteiger charge is 2.44. The van der Waals surface area contributed by atoms with Gasteiger partial charge >= 0.3 is 5.97 Å². The number of carbonyl (C=O) groups is 6. The average molecular weight is 809 g/mol. The summed E-state index contributed by atoms with van der Waals surface area (Å²) in [6.07, 6.45) is 3.28. The van der Waals surface area contributed by atoms with Crippen molar-refractivity contribution < 1.29 is 51.2 Å². The number of nitrogens with one attached hydrogen (secondary N) is 3. The number of imide groups is 1. The molecule has 1 heterocycles. The molecule has 4 N–H and O–H groups in total. The number of esters is 1. The van der Waals surface area contributed by atoms with Crippen LogP contribution in [0.15, 0.2) is 18.2 Å². The number of hydrogen-bond acceptors (Lipinski definition) is 10. The minimum Gasteiger partial charge on any atom is -0.460 e. The van der Waals surface area contributed by atoms with E-state index in [1.54, 1.807) is 52.8 Å². The second-order valence-corrected chi connectivity index (χ2v) is 18.6. The second-order valence-electron chi connectivity index (χ2n) is 17.0. The Morgan fingerprint density at radius 1 is 0.893 bits per heavy atom. The van der Waals surface area contributed by atoms with E-state index in [1.807, 2.05) is 20.8 Å². The molecule has 0 aromatic heterocycles. The summed E-state index contributed by atoms with van der Waals surface area (Å²) in [7, 11) is -4.06. The van der Waals surface area contributed by atoms with E-state index >= 15 is 0 Å². The number of unbranched alkanes of at least 4 members (excludes halogenated alkanes) is 2. The van der Waals surface area contributed by atoms with Crippen molar-refractivity contribution in [2.75, 3.05) is 30.8 Å². The quantitative estimate of drug-likeness (QED) is 0.0551. The van der Waals surface area contributed by atoms with Crippen molar-refractivity contribution >= 4 is 51.3 Å². The Hall–Kier alpha value is -3.89. The molecule has 0 aliphatic carbocycles. The van der Waals surface area contributed by atoms with Gasteiger partial charge in [-0.25, -0.2) is 0 Å². The number of aryl methyl sites for hydroxylation is 1. The van der Waals surface area contributed by atoms with E-state index in [1.165, 1.54) is 11.8 Å². The number of likely N-dealkylation sites (tertiary alicyclic amines) is 1. The summed E-state index contributed by atoms with van der Waals surface area (Å²) in [5, 5.41) is 8.29. The zero-order chi connectivity index (χ0) is 42.4. The Labute approximate surface area is 332 Å². The van der Waals surface area contributed by atoms with Gasteiger partial charge in [0.15, 0.2) is 0 Å². The van der Waals surface area contributed by atoms with Gasteiger partial charge in [-0.05, 0) is 94.4 Å². The molecule has 1 fully saturated rings. The Balaban J connectivity index is 1.93. The van der Waals surface area contributed by atoms with Crippen molar-refractivity contribution in [3.05, 3.63) is 29.3 Å². The highest BCUT2D eigenvalue weighted by molar-refractivity contribution is 7.85. The Bertz CT molecular complexity index is 1650. The van der Waals surface area contributed by atoms with E-state index in [2.05, 4.69) is 16.0 Å². The standard InChI is InChI=1S/C40H64N4O11S/c1-26(2)34(43-32(45)16-11-10-12-19-44-33(46)24-31(37(44)49)39(4,5)6)36(48)41-27(3)35(47)42-30-18-17-29(25-55-38(50)40(7,8)9)28(23-30)15-13-20-54-21-14-22-56(51,52)53/h17-18,23,26-27,31,34H,10-16,19-22,24-25H2,1-9H3,(H,41,48)(H,42,47)(H,43,45)(H,51,52,53)/t27-,31?,34-/m0/s1. The molecule has 0 spiro atoms. The van der Waals surface area contributed by atoms with Gasteiger partial charge in [0.1, 0.15) is 18.7 Å². The van der Waals surface area contributed by atoms with E-state index in [-0.39, 0.29) is 73.4 Å². The molecular weight excluding hydrogens is 745 g/mol. The van der Waals surface area contributed by atoms with Crippen molar-refractivity contribution in [2.45, 2.75) is 132 Å². The van der Waals surface area contributed by atoms with Crippen LogP contribution in [0.1, 0.15) is 118 Å². The predicted molar refractivity (Wildman–Crippen MR) is 212 cm³/mol. The summed E-state index contributed by atoms with van der Waals surface area (Å²) in [5.41, 5.74) is 0.987. The number of rotatable bonds is 22. The van der Waals surface area contributed by atoms with E-state index in [9.17, 15) is 37.2 Å². The minimum atomic E-state index is -4.06. The average Bonchev–Trinajstić information content (AvgIpc) is 3.37. The van der Waals surface area contributed by atoms with Gasteiger partial charge in [-0.3, -0.25) is 38.2 Å². The first-order valence-corrected chi connectivity index (χ1v) is 21.1. The number of nitrogens with zero attached hydrogens (tertiary/aromatic N) is 1. The summed E-state index contributed by atoms with van der Waals surface area (Å²) in [4.78, 5) is 78.2. The smallest absolute Gasteiger partial charge is 0.311 e. The zero-order valence-corrected chi connectivity index (χ0v) is 35.4. The van der Waals surface area contributed by atoms with E-state index in [0.29, 0.717) is 50.9 Å². The Morgan fingerprint density at radius 3 is 2.14 bits per heavy atom. The van der Waals surface area contributed by atoms with Gasteiger partial charge in [-0.1, -0.05) is 47.1 Å². The molecule has 0 bridgehead atoms. The largest absolute Gasteiger partial charge is 0.460 e. The third-order valence-corrected chi connectivity index (χ3v) is 10.3. The van der Waals surface area contributed by atoms with Crippen LogP contribution in [0.3, 0.4) is 0 Å². The number of ether oxygens (including phenoxy) is 2. The molecule has 1 saturated heterocycles. The molecular formula is C40H64N4O11S. The molecule has 1 aliphatic rings. The maximum Gasteiger partial charge on any atom is 0.311 e. The third kappa shape index (κ3) is 16.7. The van der Waals surface area contributed by atoms with Crippen LogP contribution in [0.25, 0.3) is 0 Å². The van der Waals surface area contributed by atoms with E-state index in [4.69, 9.17) is 14.0 Å². The van der Waals surface area contributed by atoms with Gasteiger partial charge in [0.25, 0.3) is 10.1 Å². The molecule has 3 atom stereocenters. The fourth-order valence-electron chi connectivity index (χ4n) is 5.97. The zero-order valence-electron chi connectivity index (χ0n) is 34.6. The van der Waals surface area contributed by atoms with Crippen molar-refractivity contribution in [2.24, 2.45) is 22.7 Å². The maximum atomic E-state index is 13.3. The first-order chi connectivity index (χ1) is 25.9. The molecule has 316 valence electrons. The molecule has 15 nitrogen and oxygen atoms in total. The van der Waals surface area contributed by atoms with Crippen LogP contribution >= 0.6 is 0 Å². The molecule has 1 unspecified atom stereocenters. The predicted octanol–water partition coefficient (Wildman–Crippen LogP) is 4.57. The highest BCUT2D eigenvalue weighted by atomic mass is 32.2. The molecule has 1 aliphatic heterocycles. The lowest BCUT2D eigenvalue weighted by Gasteiger charge is -2.25. The van der Waals surface area contributed by atoms with Gasteiger partial charge in [0.2, 0.25) is 29.5 Å². The summed E-state index contributed by atoms with van der Waals surface area (Å²) >= 11 is 0. The Morgan fingerprint density at radius 2 is 1.55 bits per heavy atom. The monoisotopic (exact) mass is 808 g/mol. The fraction of sp³-hybridized carbons (Fsp3) is 0.700. The summed E-state index contributed by atoms with van der Waals surface area (Å²) in [6.45, 7) is 17.0. The van der Waals surface area contributed by atoms with E-state index in [0.717, 1.165) is 11.1 Å². The molecule has 2 rings (SSSR count). The molecule has 56 heavy (non-hydrogen) atoms. The third-order valence-electron chi connectivity index (χ3n) is 9.46. The van der Waals surface area contributed by atoms with Gasteiger partial charge in [-0.15, -0.1) is 0 Å². The van der Waals surface area contributed by atoms with Crippen LogP contribution in [0, 0.1) is 22.7 Å². The summed E-state index contributed by atoms with van der Waals surface area (Å²) in [5.74, 6) is -2.97. The lowest BCUT2D eigenvalue weighted by atomic mass is 9.80. The van der Waals surface area contributed by atoms with Crippen LogP contribution in [0.5, 0.6) is 0 Å². The number of carbonyl (C=O) groups excluding carboxylic acids is 6. The molecule has 0 radical (unpaired) electrons. The van der Waals surface area contributed by atoms with Crippen LogP contribution in [-0.4, -0.2) is 91.0 Å². The lowest BCUT2D eigenvalue weighted by Crippen LogP contribution is -2.53. The molecule has 1 aromatic carbocycles. The van der Waals surface area contributed by atoms with Crippen molar-refractivity contribution in [3.63, 3.8) is 0 Å². The molecule has 16 heteroatoms. The van der Waals surface area contributed by atoms with E-state index < -0.39 is 45.2 Å². The molecule has 5 amide bonds. The maximum absolute atomic E-state index is 13.3. The number of benzene rings is 1. The normalized spacial score (nSPS) is 16.1. The minimum absolute atomic E-state index is 0.0162. The lowest BCUT2D eigenvalue weighted by molar-refractivity contribution is -0.154. The summed E-state index contributed by atoms with van der Waals surface area (Å²) < 4.78 is 41.7. The van der Waals surface area contributed by atoms with Crippen LogP contribution in [-0.2, 0) is 61.4 Å². The van der Waals surface area contributed by atoms with Crippen LogP contribution in [0.4, 0.5) is 5.69 Å². The number of hydrogen-bond donors (Lipinski definition) is 4. The topological polar surface area (TPSA) is 215 Å². The second kappa shape index (κ2) is 21.6. The van der Waals surface area contributed by atoms with Crippen LogP contribution < -0.4 is 16.0 Å². The Kier molecular flexibility index (Phi) is 18.6. The van der Waals surface area contributed by atoms with Gasteiger partial charge < -0.3 is 25.4 Å².